The van der Waals surface area contributed by atoms with Gasteiger partial charge in [-0.25, -0.2) is 4.39 Å². The van der Waals surface area contributed by atoms with E-state index in [-0.39, 0.29) is 11.6 Å². The number of piperidine rings is 1. The zero-order chi connectivity index (χ0) is 19.5. The second kappa shape index (κ2) is 8.76. The van der Waals surface area contributed by atoms with Crippen LogP contribution in [0.4, 0.5) is 4.39 Å². The lowest BCUT2D eigenvalue weighted by Gasteiger charge is -2.31. The van der Waals surface area contributed by atoms with Crippen molar-refractivity contribution in [2.24, 2.45) is 0 Å². The molecule has 1 aliphatic heterocycles. The van der Waals surface area contributed by atoms with Gasteiger partial charge in [0.05, 0.1) is 14.8 Å². The van der Waals surface area contributed by atoms with Crippen molar-refractivity contribution >= 4 is 39.9 Å². The second-order valence-corrected chi connectivity index (χ2v) is 9.68. The smallest absolute Gasteiger partial charge is 0.170 e. The number of carbonyl (C=O) groups is 1. The highest BCUT2D eigenvalue weighted by molar-refractivity contribution is 8.01. The SMILES string of the molecule is CC(=O)c1ccc(SCCCN2CCC(c3noc4cc(F)ccc34)CC2)s1. The molecule has 3 aromatic rings. The number of carbonyl (C=O) groups excluding carboxylic acids is 1. The number of benzene rings is 1. The maximum Gasteiger partial charge on any atom is 0.170 e. The van der Waals surface area contributed by atoms with Crippen LogP contribution in [0.25, 0.3) is 11.0 Å². The van der Waals surface area contributed by atoms with Crippen LogP contribution in [0.1, 0.15) is 47.5 Å². The molecule has 148 valence electrons. The Morgan fingerprint density at radius 2 is 2.14 bits per heavy atom. The summed E-state index contributed by atoms with van der Waals surface area (Å²) >= 11 is 3.42. The fraction of sp³-hybridized carbons (Fsp3) is 0.429. The minimum atomic E-state index is -0.289. The van der Waals surface area contributed by atoms with Gasteiger partial charge in [-0.3, -0.25) is 4.79 Å². The van der Waals surface area contributed by atoms with Gasteiger partial charge in [0.15, 0.2) is 11.4 Å². The number of nitrogens with zero attached hydrogens (tertiary/aromatic N) is 2. The van der Waals surface area contributed by atoms with Crippen molar-refractivity contribution in [2.45, 2.75) is 36.3 Å². The van der Waals surface area contributed by atoms with Crippen LogP contribution in [0.15, 0.2) is 39.1 Å². The van der Waals surface area contributed by atoms with Crippen molar-refractivity contribution in [3.05, 3.63) is 46.7 Å². The Hall–Kier alpha value is -1.70. The third-order valence-corrected chi connectivity index (χ3v) is 7.73. The maximum atomic E-state index is 13.3. The number of fused-ring (bicyclic) bond motifs is 1. The molecule has 0 spiro atoms. The van der Waals surface area contributed by atoms with Crippen molar-refractivity contribution in [2.75, 3.05) is 25.4 Å². The van der Waals surface area contributed by atoms with E-state index in [0.717, 1.165) is 60.6 Å². The molecule has 1 saturated heterocycles. The highest BCUT2D eigenvalue weighted by atomic mass is 32.2. The van der Waals surface area contributed by atoms with E-state index in [0.29, 0.717) is 11.5 Å². The van der Waals surface area contributed by atoms with Gasteiger partial charge in [0.1, 0.15) is 5.82 Å². The molecule has 1 aromatic carbocycles. The van der Waals surface area contributed by atoms with E-state index in [1.54, 1.807) is 24.3 Å². The molecule has 0 aliphatic carbocycles. The van der Waals surface area contributed by atoms with Crippen LogP contribution < -0.4 is 0 Å². The molecule has 28 heavy (non-hydrogen) atoms. The number of thiophene rings is 1. The lowest BCUT2D eigenvalue weighted by molar-refractivity contribution is 0.102. The highest BCUT2D eigenvalue weighted by Gasteiger charge is 2.24. The zero-order valence-electron chi connectivity index (χ0n) is 15.8. The predicted molar refractivity (Wildman–Crippen MR) is 112 cm³/mol. The van der Waals surface area contributed by atoms with Crippen molar-refractivity contribution in [1.82, 2.24) is 10.1 Å². The first-order chi connectivity index (χ1) is 13.6. The fourth-order valence-electron chi connectivity index (χ4n) is 3.70. The van der Waals surface area contributed by atoms with Gasteiger partial charge in [-0.1, -0.05) is 5.16 Å². The Labute approximate surface area is 172 Å². The average Bonchev–Trinajstić information content (AvgIpc) is 3.32. The summed E-state index contributed by atoms with van der Waals surface area (Å²) in [6, 6.07) is 8.63. The monoisotopic (exact) mass is 418 g/mol. The van der Waals surface area contributed by atoms with E-state index >= 15 is 0 Å². The van der Waals surface area contributed by atoms with E-state index in [2.05, 4.69) is 10.1 Å². The molecule has 0 atom stereocenters. The topological polar surface area (TPSA) is 46.3 Å². The van der Waals surface area contributed by atoms with Crippen molar-refractivity contribution in [3.63, 3.8) is 0 Å². The van der Waals surface area contributed by atoms with Crippen LogP contribution in [-0.2, 0) is 0 Å². The summed E-state index contributed by atoms with van der Waals surface area (Å²) in [6.07, 6.45) is 3.24. The molecule has 0 bridgehead atoms. The lowest BCUT2D eigenvalue weighted by atomic mass is 9.91. The first kappa shape index (κ1) is 19.6. The average molecular weight is 419 g/mol. The number of rotatable bonds is 7. The molecule has 0 unspecified atom stereocenters. The summed E-state index contributed by atoms with van der Waals surface area (Å²) in [4.78, 5) is 14.7. The minimum Gasteiger partial charge on any atom is -0.356 e. The summed E-state index contributed by atoms with van der Waals surface area (Å²) in [5, 5.41) is 5.16. The second-order valence-electron chi connectivity index (χ2n) is 7.20. The molecule has 4 rings (SSSR count). The van der Waals surface area contributed by atoms with Gasteiger partial charge in [-0.2, -0.15) is 0 Å². The first-order valence-corrected chi connectivity index (χ1v) is 11.4. The summed E-state index contributed by atoms with van der Waals surface area (Å²) in [6.45, 7) is 4.82. The van der Waals surface area contributed by atoms with Crippen LogP contribution in [0, 0.1) is 5.82 Å². The van der Waals surface area contributed by atoms with Crippen LogP contribution in [-0.4, -0.2) is 41.2 Å². The van der Waals surface area contributed by atoms with Gasteiger partial charge in [-0.15, -0.1) is 23.1 Å². The van der Waals surface area contributed by atoms with E-state index in [4.69, 9.17) is 4.52 Å². The molecule has 1 aliphatic rings. The van der Waals surface area contributed by atoms with Crippen molar-refractivity contribution in [1.29, 1.82) is 0 Å². The molecule has 0 N–H and O–H groups in total. The Balaban J connectivity index is 1.22. The Bertz CT molecular complexity index is 960. The van der Waals surface area contributed by atoms with Gasteiger partial charge in [-0.05, 0) is 70.1 Å². The molecule has 0 radical (unpaired) electrons. The Morgan fingerprint density at radius 1 is 1.32 bits per heavy atom. The molecular formula is C21H23FN2O2S2. The number of halogens is 1. The van der Waals surface area contributed by atoms with Crippen LogP contribution in [0.3, 0.4) is 0 Å². The van der Waals surface area contributed by atoms with Crippen LogP contribution in [0.2, 0.25) is 0 Å². The van der Waals surface area contributed by atoms with E-state index < -0.39 is 0 Å². The number of hydrogen-bond acceptors (Lipinski definition) is 6. The summed E-state index contributed by atoms with van der Waals surface area (Å²) in [5.41, 5.74) is 1.51. The third-order valence-electron chi connectivity index (χ3n) is 5.23. The molecule has 0 saturated carbocycles. The molecular weight excluding hydrogens is 395 g/mol. The number of ketones is 1. The predicted octanol–water partition coefficient (Wildman–Crippen LogP) is 5.59. The standard InChI is InChI=1S/C21H23FN2O2S2/c1-14(25)19-5-6-20(28-19)27-12-2-9-24-10-7-15(8-11-24)21-17-4-3-16(22)13-18(17)26-23-21/h3-6,13,15H,2,7-12H2,1H3. The van der Waals surface area contributed by atoms with Gasteiger partial charge in [0.25, 0.3) is 0 Å². The van der Waals surface area contributed by atoms with Crippen molar-refractivity contribution < 1.29 is 13.7 Å². The summed E-state index contributed by atoms with van der Waals surface area (Å²) in [7, 11) is 0. The summed E-state index contributed by atoms with van der Waals surface area (Å²) < 4.78 is 19.9. The molecule has 3 heterocycles. The van der Waals surface area contributed by atoms with Gasteiger partial charge in [0, 0.05) is 23.1 Å². The normalized spacial score (nSPS) is 16.1. The van der Waals surface area contributed by atoms with Gasteiger partial charge in [0.2, 0.25) is 0 Å². The van der Waals surface area contributed by atoms with E-state index in [1.807, 2.05) is 23.9 Å². The molecule has 0 amide bonds. The van der Waals surface area contributed by atoms with E-state index in [1.165, 1.54) is 16.3 Å². The van der Waals surface area contributed by atoms with Crippen LogP contribution in [0.5, 0.6) is 0 Å². The summed E-state index contributed by atoms with van der Waals surface area (Å²) in [5.74, 6) is 1.30. The maximum absolute atomic E-state index is 13.3. The quantitative estimate of drug-likeness (QED) is 0.284. The Morgan fingerprint density at radius 3 is 2.89 bits per heavy atom. The molecule has 4 nitrogen and oxygen atoms in total. The minimum absolute atomic E-state index is 0.143. The first-order valence-electron chi connectivity index (χ1n) is 9.61. The number of Topliss-reactive ketones (excluding diaryl/α,β-unsaturated/α-hetero) is 1. The number of hydrogen-bond donors (Lipinski definition) is 0. The number of aromatic nitrogens is 1. The molecule has 1 fully saturated rings. The lowest BCUT2D eigenvalue weighted by Crippen LogP contribution is -2.34. The van der Waals surface area contributed by atoms with Crippen LogP contribution >= 0.6 is 23.1 Å². The van der Waals surface area contributed by atoms with Gasteiger partial charge < -0.3 is 9.42 Å². The zero-order valence-corrected chi connectivity index (χ0v) is 17.5. The number of thioether (sulfide) groups is 1. The largest absolute Gasteiger partial charge is 0.356 e. The highest BCUT2D eigenvalue weighted by Crippen LogP contribution is 2.33. The van der Waals surface area contributed by atoms with E-state index in [9.17, 15) is 9.18 Å². The van der Waals surface area contributed by atoms with Gasteiger partial charge >= 0.3 is 0 Å². The molecule has 2 aromatic heterocycles. The third kappa shape index (κ3) is 4.47. The van der Waals surface area contributed by atoms with Crippen molar-refractivity contribution in [3.8, 4) is 0 Å². The Kier molecular flexibility index (Phi) is 6.13. The molecule has 7 heteroatoms. The number of likely N-dealkylation sites (tertiary alicyclic amines) is 1. The fourth-order valence-corrected chi connectivity index (χ4v) is 5.73.